The highest BCUT2D eigenvalue weighted by Crippen LogP contribution is 2.30. The summed E-state index contributed by atoms with van der Waals surface area (Å²) in [5.74, 6) is 1.09. The van der Waals surface area contributed by atoms with Crippen molar-refractivity contribution >= 4 is 27.6 Å². The fourth-order valence-electron chi connectivity index (χ4n) is 7.23. The van der Waals surface area contributed by atoms with Crippen molar-refractivity contribution in [3.63, 3.8) is 0 Å². The second-order valence-electron chi connectivity index (χ2n) is 13.7. The highest BCUT2D eigenvalue weighted by molar-refractivity contribution is 6.02. The highest BCUT2D eigenvalue weighted by atomic mass is 16.6. The number of carbonyl (C=O) groups excluding carboxylic acids is 1. The van der Waals surface area contributed by atoms with Crippen LogP contribution in [0, 0.1) is 11.8 Å². The van der Waals surface area contributed by atoms with Crippen LogP contribution in [0.3, 0.4) is 0 Å². The minimum absolute atomic E-state index is 0.125. The van der Waals surface area contributed by atoms with E-state index in [1.165, 1.54) is 137 Å². The molecule has 3 nitrogen and oxygen atoms in total. The van der Waals surface area contributed by atoms with Gasteiger partial charge in [0.1, 0.15) is 6.61 Å². The van der Waals surface area contributed by atoms with Crippen LogP contribution in [-0.4, -0.2) is 24.1 Å². The molecule has 250 valence electrons. The predicted octanol–water partition coefficient (Wildman–Crippen LogP) is 13.3. The molecule has 2 unspecified atom stereocenters. The molecular weight excluding hydrogens is 550 g/mol. The molecule has 45 heavy (non-hydrogen) atoms. The molecule has 0 aliphatic carbocycles. The third-order valence-corrected chi connectivity index (χ3v) is 9.76. The van der Waals surface area contributed by atoms with Gasteiger partial charge in [0.25, 0.3) is 0 Å². The van der Waals surface area contributed by atoms with Crippen molar-refractivity contribution in [2.45, 2.75) is 150 Å². The lowest BCUT2D eigenvalue weighted by Crippen LogP contribution is -2.39. The number of amides is 1. The molecule has 2 atom stereocenters. The Kier molecular flexibility index (Phi) is 18.1. The normalized spacial score (nSPS) is 12.9. The van der Waals surface area contributed by atoms with Gasteiger partial charge < -0.3 is 9.64 Å². The van der Waals surface area contributed by atoms with Gasteiger partial charge >= 0.3 is 6.09 Å². The maximum Gasteiger partial charge on any atom is 0.410 e. The molecule has 0 radical (unpaired) electrons. The van der Waals surface area contributed by atoms with Crippen LogP contribution in [-0.2, 0) is 11.3 Å². The maximum atomic E-state index is 14.1. The van der Waals surface area contributed by atoms with E-state index < -0.39 is 0 Å². The standard InChI is InChI=1S/C42H65NO2/c1-5-9-11-13-15-17-25-35(23-7-3)32-43(33-36(24-8-4)26-18-16-14-12-10-6-2)42(44)45-34-41-39-29-21-19-27-37(39)31-38-28-20-22-30-40(38)41/h19-22,27-31,35-36H,5-18,23-26,32-34H2,1-4H3. The molecule has 3 aromatic carbocycles. The topological polar surface area (TPSA) is 29.5 Å². The molecule has 0 heterocycles. The third-order valence-electron chi connectivity index (χ3n) is 9.76. The van der Waals surface area contributed by atoms with Crippen molar-refractivity contribution in [1.29, 1.82) is 0 Å². The third kappa shape index (κ3) is 13.0. The smallest absolute Gasteiger partial charge is 0.410 e. The van der Waals surface area contributed by atoms with Gasteiger partial charge in [-0.25, -0.2) is 4.79 Å². The van der Waals surface area contributed by atoms with E-state index in [1.54, 1.807) is 0 Å². The molecule has 3 aromatic rings. The van der Waals surface area contributed by atoms with E-state index in [2.05, 4.69) is 87.2 Å². The van der Waals surface area contributed by atoms with E-state index in [4.69, 9.17) is 4.74 Å². The first-order valence-corrected chi connectivity index (χ1v) is 18.9. The molecule has 3 rings (SSSR count). The van der Waals surface area contributed by atoms with Gasteiger partial charge in [-0.2, -0.15) is 0 Å². The molecule has 0 aromatic heterocycles. The van der Waals surface area contributed by atoms with E-state index in [1.807, 2.05) is 0 Å². The first-order chi connectivity index (χ1) is 22.1. The first kappa shape index (κ1) is 36.9. The van der Waals surface area contributed by atoms with Crippen LogP contribution < -0.4 is 0 Å². The molecule has 0 aliphatic rings. The number of benzene rings is 3. The summed E-state index contributed by atoms with van der Waals surface area (Å²) in [6.07, 6.45) is 22.9. The zero-order valence-electron chi connectivity index (χ0n) is 29.5. The lowest BCUT2D eigenvalue weighted by Gasteiger charge is -2.31. The fraction of sp³-hybridized carbons (Fsp3) is 0.643. The Labute approximate surface area is 276 Å². The van der Waals surface area contributed by atoms with Crippen LogP contribution in [0.5, 0.6) is 0 Å². The summed E-state index contributed by atoms with van der Waals surface area (Å²) in [5, 5.41) is 4.75. The van der Waals surface area contributed by atoms with Gasteiger partial charge in [0.15, 0.2) is 0 Å². The highest BCUT2D eigenvalue weighted by Gasteiger charge is 2.24. The quantitative estimate of drug-likeness (QED) is 0.0741. The van der Waals surface area contributed by atoms with Crippen molar-refractivity contribution in [1.82, 2.24) is 4.90 Å². The second kappa shape index (κ2) is 22.1. The Morgan fingerprint density at radius 1 is 0.578 bits per heavy atom. The van der Waals surface area contributed by atoms with Crippen molar-refractivity contribution < 1.29 is 9.53 Å². The van der Waals surface area contributed by atoms with Gasteiger partial charge in [-0.3, -0.25) is 0 Å². The van der Waals surface area contributed by atoms with Gasteiger partial charge in [0, 0.05) is 18.7 Å². The molecule has 1 amide bonds. The Hall–Kier alpha value is -2.55. The predicted molar refractivity (Wildman–Crippen MR) is 196 cm³/mol. The van der Waals surface area contributed by atoms with Crippen LogP contribution in [0.1, 0.15) is 149 Å². The monoisotopic (exact) mass is 616 g/mol. The molecular formula is C42H65NO2. The van der Waals surface area contributed by atoms with Crippen LogP contribution >= 0.6 is 0 Å². The molecule has 0 spiro atoms. The molecule has 0 fully saturated rings. The van der Waals surface area contributed by atoms with E-state index in [0.29, 0.717) is 18.4 Å². The van der Waals surface area contributed by atoms with Crippen molar-refractivity contribution in [2.24, 2.45) is 11.8 Å². The Balaban J connectivity index is 1.75. The molecule has 0 N–H and O–H groups in total. The van der Waals surface area contributed by atoms with Gasteiger partial charge in [0.2, 0.25) is 0 Å². The number of carbonyl (C=O) groups is 1. The van der Waals surface area contributed by atoms with Crippen molar-refractivity contribution in [3.8, 4) is 0 Å². The lowest BCUT2D eigenvalue weighted by atomic mass is 9.93. The average molecular weight is 616 g/mol. The largest absolute Gasteiger partial charge is 0.444 e. The van der Waals surface area contributed by atoms with Crippen LogP contribution in [0.25, 0.3) is 21.5 Å². The van der Waals surface area contributed by atoms with Crippen LogP contribution in [0.2, 0.25) is 0 Å². The zero-order chi connectivity index (χ0) is 32.1. The summed E-state index contributed by atoms with van der Waals surface area (Å²) in [7, 11) is 0. The number of unbranched alkanes of at least 4 members (excludes halogenated alkanes) is 10. The summed E-state index contributed by atoms with van der Waals surface area (Å²) in [5.41, 5.74) is 1.12. The van der Waals surface area contributed by atoms with Gasteiger partial charge in [-0.1, -0.05) is 166 Å². The number of nitrogens with zero attached hydrogens (tertiary/aromatic N) is 1. The number of fused-ring (bicyclic) bond motifs is 2. The number of rotatable bonds is 24. The molecule has 0 saturated carbocycles. The van der Waals surface area contributed by atoms with Crippen LogP contribution in [0.15, 0.2) is 54.6 Å². The van der Waals surface area contributed by atoms with Crippen molar-refractivity contribution in [2.75, 3.05) is 13.1 Å². The van der Waals surface area contributed by atoms with E-state index in [9.17, 15) is 4.79 Å². The lowest BCUT2D eigenvalue weighted by molar-refractivity contribution is 0.0808. The summed E-state index contributed by atoms with van der Waals surface area (Å²) in [4.78, 5) is 16.2. The van der Waals surface area contributed by atoms with E-state index in [0.717, 1.165) is 18.7 Å². The SMILES string of the molecule is CCCCCCCCC(CCC)CN(CC(CCC)CCCCCCCC)C(=O)OCc1c2ccccc2cc2ccccc12. The first-order valence-electron chi connectivity index (χ1n) is 18.9. The summed E-state index contributed by atoms with van der Waals surface area (Å²) in [6.45, 7) is 11.1. The maximum absolute atomic E-state index is 14.1. The minimum atomic E-state index is -0.125. The van der Waals surface area contributed by atoms with E-state index in [-0.39, 0.29) is 6.09 Å². The van der Waals surface area contributed by atoms with Gasteiger partial charge in [-0.15, -0.1) is 0 Å². The van der Waals surface area contributed by atoms with Crippen molar-refractivity contribution in [3.05, 3.63) is 60.2 Å². The Morgan fingerprint density at radius 2 is 1.02 bits per heavy atom. The number of ether oxygens (including phenoxy) is 1. The zero-order valence-corrected chi connectivity index (χ0v) is 29.5. The summed E-state index contributed by atoms with van der Waals surface area (Å²) in [6, 6.07) is 19.2. The molecule has 0 aliphatic heterocycles. The second-order valence-corrected chi connectivity index (χ2v) is 13.7. The van der Waals surface area contributed by atoms with Crippen LogP contribution in [0.4, 0.5) is 4.79 Å². The fourth-order valence-corrected chi connectivity index (χ4v) is 7.23. The Bertz CT molecular complexity index is 1140. The number of hydrogen-bond acceptors (Lipinski definition) is 2. The Morgan fingerprint density at radius 3 is 1.49 bits per heavy atom. The molecule has 0 saturated heterocycles. The van der Waals surface area contributed by atoms with Gasteiger partial charge in [0.05, 0.1) is 0 Å². The summed E-state index contributed by atoms with van der Waals surface area (Å²) < 4.78 is 6.29. The van der Waals surface area contributed by atoms with E-state index >= 15 is 0 Å². The minimum Gasteiger partial charge on any atom is -0.444 e. The summed E-state index contributed by atoms with van der Waals surface area (Å²) >= 11 is 0. The molecule has 0 bridgehead atoms. The average Bonchev–Trinajstić information content (AvgIpc) is 3.05. The molecule has 3 heteroatoms. The number of hydrogen-bond donors (Lipinski definition) is 0. The van der Waals surface area contributed by atoms with Gasteiger partial charge in [-0.05, 0) is 65.1 Å².